The topological polar surface area (TPSA) is 12.0 Å². The van der Waals surface area contributed by atoms with Crippen molar-refractivity contribution >= 4 is 11.3 Å². The van der Waals surface area contributed by atoms with Crippen molar-refractivity contribution in [1.82, 2.24) is 5.32 Å². The first-order valence-corrected chi connectivity index (χ1v) is 6.67. The Morgan fingerprint density at radius 3 is 3.07 bits per heavy atom. The van der Waals surface area contributed by atoms with Crippen molar-refractivity contribution in [3.05, 3.63) is 34.5 Å². The van der Waals surface area contributed by atoms with Crippen LogP contribution in [0.5, 0.6) is 0 Å². The first kappa shape index (κ1) is 10.9. The van der Waals surface area contributed by atoms with Crippen LogP contribution in [0, 0.1) is 5.92 Å². The summed E-state index contributed by atoms with van der Waals surface area (Å²) in [6.45, 7) is 3.18. The first-order chi connectivity index (χ1) is 7.42. The molecule has 1 heterocycles. The number of allylic oxidation sites excluding steroid dienone is 1. The van der Waals surface area contributed by atoms with Crippen LogP contribution >= 0.6 is 11.3 Å². The lowest BCUT2D eigenvalue weighted by molar-refractivity contribution is 0.494. The Hall–Kier alpha value is -0.600. The molecule has 1 saturated carbocycles. The summed E-state index contributed by atoms with van der Waals surface area (Å²) in [7, 11) is 0. The van der Waals surface area contributed by atoms with Gasteiger partial charge in [0.15, 0.2) is 0 Å². The summed E-state index contributed by atoms with van der Waals surface area (Å²) < 4.78 is 0. The minimum absolute atomic E-state index is 0.621. The van der Waals surface area contributed by atoms with Gasteiger partial charge in [-0.15, -0.1) is 11.3 Å². The van der Waals surface area contributed by atoms with E-state index in [1.165, 1.54) is 17.7 Å². The lowest BCUT2D eigenvalue weighted by Gasteiger charge is -2.16. The van der Waals surface area contributed by atoms with Crippen LogP contribution in [0.3, 0.4) is 0 Å². The molecule has 0 spiro atoms. The fourth-order valence-electron chi connectivity index (χ4n) is 1.89. The summed E-state index contributed by atoms with van der Waals surface area (Å²) in [5.74, 6) is 0.897. The third kappa shape index (κ3) is 3.18. The zero-order valence-electron chi connectivity index (χ0n) is 9.28. The molecule has 0 aromatic carbocycles. The van der Waals surface area contributed by atoms with Crippen LogP contribution in [0.4, 0.5) is 0 Å². The molecule has 0 aliphatic heterocycles. The van der Waals surface area contributed by atoms with Crippen LogP contribution in [-0.4, -0.2) is 6.54 Å². The first-order valence-electron chi connectivity index (χ1n) is 5.79. The van der Waals surface area contributed by atoms with E-state index in [0.29, 0.717) is 6.04 Å². The molecule has 1 fully saturated rings. The summed E-state index contributed by atoms with van der Waals surface area (Å²) in [6, 6.07) is 5.04. The Balaban J connectivity index is 1.84. The average Bonchev–Trinajstić information content (AvgIpc) is 2.93. The maximum atomic E-state index is 3.68. The summed E-state index contributed by atoms with van der Waals surface area (Å²) in [6.07, 6.45) is 8.30. The van der Waals surface area contributed by atoms with E-state index in [-0.39, 0.29) is 0 Å². The standard InChI is InChI=1S/C13H19NS/c1-2-3-4-9-14-13(11-7-8-11)12-6-5-10-15-12/h2-3,5-6,10-11,13-14H,4,7-9H2,1H3/b3-2+. The quantitative estimate of drug-likeness (QED) is 0.570. The highest BCUT2D eigenvalue weighted by Crippen LogP contribution is 2.42. The fourth-order valence-corrected chi connectivity index (χ4v) is 2.78. The summed E-state index contributed by atoms with van der Waals surface area (Å²) in [5, 5.41) is 5.86. The molecule has 82 valence electrons. The molecule has 15 heavy (non-hydrogen) atoms. The predicted octanol–water partition coefficient (Wildman–Crippen LogP) is 3.76. The monoisotopic (exact) mass is 221 g/mol. The van der Waals surface area contributed by atoms with E-state index in [2.05, 4.69) is 41.9 Å². The average molecular weight is 221 g/mol. The summed E-state index contributed by atoms with van der Waals surface area (Å²) in [4.78, 5) is 1.51. The Kier molecular flexibility index (Phi) is 3.98. The smallest absolute Gasteiger partial charge is 0.0443 e. The van der Waals surface area contributed by atoms with Crippen LogP contribution in [0.1, 0.15) is 37.1 Å². The highest BCUT2D eigenvalue weighted by molar-refractivity contribution is 7.10. The molecule has 1 nitrogen and oxygen atoms in total. The van der Waals surface area contributed by atoms with Gasteiger partial charge in [-0.3, -0.25) is 0 Å². The maximum absolute atomic E-state index is 3.68. The van der Waals surface area contributed by atoms with E-state index >= 15 is 0 Å². The van der Waals surface area contributed by atoms with Gasteiger partial charge in [0.05, 0.1) is 0 Å². The molecular weight excluding hydrogens is 202 g/mol. The van der Waals surface area contributed by atoms with Gasteiger partial charge < -0.3 is 5.32 Å². The van der Waals surface area contributed by atoms with Crippen molar-refractivity contribution in [1.29, 1.82) is 0 Å². The third-order valence-corrected chi connectivity index (χ3v) is 3.81. The van der Waals surface area contributed by atoms with Crippen LogP contribution in [-0.2, 0) is 0 Å². The number of nitrogens with one attached hydrogen (secondary N) is 1. The van der Waals surface area contributed by atoms with E-state index < -0.39 is 0 Å². The van der Waals surface area contributed by atoms with Gasteiger partial charge in [-0.1, -0.05) is 18.2 Å². The van der Waals surface area contributed by atoms with Gasteiger partial charge in [0.25, 0.3) is 0 Å². The van der Waals surface area contributed by atoms with Gasteiger partial charge in [0, 0.05) is 10.9 Å². The Bertz CT molecular complexity index is 298. The molecule has 1 aromatic heterocycles. The van der Waals surface area contributed by atoms with Gasteiger partial charge >= 0.3 is 0 Å². The molecule has 0 radical (unpaired) electrons. The molecule has 2 rings (SSSR count). The van der Waals surface area contributed by atoms with Crippen molar-refractivity contribution in [3.63, 3.8) is 0 Å². The number of rotatable bonds is 6. The fraction of sp³-hybridized carbons (Fsp3) is 0.538. The zero-order chi connectivity index (χ0) is 10.5. The second-order valence-corrected chi connectivity index (χ2v) is 5.12. The van der Waals surface area contributed by atoms with Gasteiger partial charge in [-0.25, -0.2) is 0 Å². The van der Waals surface area contributed by atoms with Crippen molar-refractivity contribution < 1.29 is 0 Å². The molecule has 1 N–H and O–H groups in total. The van der Waals surface area contributed by atoms with E-state index in [4.69, 9.17) is 0 Å². The van der Waals surface area contributed by atoms with Crippen LogP contribution in [0.2, 0.25) is 0 Å². The molecule has 1 aromatic rings. The highest BCUT2D eigenvalue weighted by atomic mass is 32.1. The molecule has 0 bridgehead atoms. The summed E-state index contributed by atoms with van der Waals surface area (Å²) >= 11 is 1.88. The van der Waals surface area contributed by atoms with Crippen LogP contribution in [0.15, 0.2) is 29.7 Å². The minimum Gasteiger partial charge on any atom is -0.309 e. The van der Waals surface area contributed by atoms with Gasteiger partial charge in [0.2, 0.25) is 0 Å². The van der Waals surface area contributed by atoms with Crippen molar-refractivity contribution in [2.75, 3.05) is 6.54 Å². The molecule has 1 unspecified atom stereocenters. The minimum atomic E-state index is 0.621. The zero-order valence-corrected chi connectivity index (χ0v) is 10.1. The number of hydrogen-bond donors (Lipinski definition) is 1. The van der Waals surface area contributed by atoms with E-state index in [0.717, 1.165) is 18.9 Å². The normalized spacial score (nSPS) is 18.5. The van der Waals surface area contributed by atoms with Crippen LogP contribution < -0.4 is 5.32 Å². The van der Waals surface area contributed by atoms with Crippen molar-refractivity contribution in [3.8, 4) is 0 Å². The van der Waals surface area contributed by atoms with Gasteiger partial charge in [-0.2, -0.15) is 0 Å². The van der Waals surface area contributed by atoms with E-state index in [1.807, 2.05) is 11.3 Å². The number of hydrogen-bond acceptors (Lipinski definition) is 2. The second-order valence-electron chi connectivity index (χ2n) is 4.14. The lowest BCUT2D eigenvalue weighted by atomic mass is 10.1. The molecule has 0 saturated heterocycles. The second kappa shape index (κ2) is 5.47. The van der Waals surface area contributed by atoms with Crippen molar-refractivity contribution in [2.45, 2.75) is 32.2 Å². The van der Waals surface area contributed by atoms with Gasteiger partial charge in [0.1, 0.15) is 0 Å². The Morgan fingerprint density at radius 2 is 2.47 bits per heavy atom. The molecule has 0 amide bonds. The largest absolute Gasteiger partial charge is 0.309 e. The molecule has 2 heteroatoms. The Labute approximate surface area is 96.2 Å². The third-order valence-electron chi connectivity index (χ3n) is 2.85. The van der Waals surface area contributed by atoms with E-state index in [9.17, 15) is 0 Å². The van der Waals surface area contributed by atoms with Crippen LogP contribution in [0.25, 0.3) is 0 Å². The predicted molar refractivity (Wildman–Crippen MR) is 67.2 cm³/mol. The molecular formula is C13H19NS. The molecule has 1 aliphatic carbocycles. The SMILES string of the molecule is C/C=C/CCNC(c1cccs1)C1CC1. The van der Waals surface area contributed by atoms with Crippen molar-refractivity contribution in [2.24, 2.45) is 5.92 Å². The molecule has 1 atom stereocenters. The lowest BCUT2D eigenvalue weighted by Crippen LogP contribution is -2.23. The summed E-state index contributed by atoms with van der Waals surface area (Å²) in [5.41, 5.74) is 0. The maximum Gasteiger partial charge on any atom is 0.0443 e. The molecule has 1 aliphatic rings. The number of thiophene rings is 1. The van der Waals surface area contributed by atoms with E-state index in [1.54, 1.807) is 0 Å². The van der Waals surface area contributed by atoms with Gasteiger partial charge in [-0.05, 0) is 50.1 Å². The Morgan fingerprint density at radius 1 is 1.60 bits per heavy atom. The highest BCUT2D eigenvalue weighted by Gasteiger charge is 2.32.